The van der Waals surface area contributed by atoms with Gasteiger partial charge in [-0.15, -0.1) is 0 Å². The van der Waals surface area contributed by atoms with Crippen molar-refractivity contribution in [1.29, 1.82) is 0 Å². The van der Waals surface area contributed by atoms with Crippen LogP contribution < -0.4 is 10.2 Å². The maximum absolute atomic E-state index is 10.7. The average Bonchev–Trinajstić information content (AvgIpc) is 3.00. The summed E-state index contributed by atoms with van der Waals surface area (Å²) in [7, 11) is 1.59. The molecule has 0 bridgehead atoms. The zero-order chi connectivity index (χ0) is 17.8. The number of non-ortho nitro benzene ring substituents is 1. The molecule has 0 fully saturated rings. The van der Waals surface area contributed by atoms with Gasteiger partial charge in [-0.3, -0.25) is 10.1 Å². The van der Waals surface area contributed by atoms with Crippen molar-refractivity contribution in [1.82, 2.24) is 14.9 Å². The van der Waals surface area contributed by atoms with E-state index < -0.39 is 4.92 Å². The van der Waals surface area contributed by atoms with Crippen LogP contribution in [-0.2, 0) is 6.54 Å². The van der Waals surface area contributed by atoms with Crippen LogP contribution in [0.15, 0.2) is 48.5 Å². The summed E-state index contributed by atoms with van der Waals surface area (Å²) < 4.78 is 7.42. The molecule has 0 aliphatic rings. The highest BCUT2D eigenvalue weighted by Crippen LogP contribution is 2.27. The first-order valence-electron chi connectivity index (χ1n) is 7.38. The third-order valence-electron chi connectivity index (χ3n) is 3.61. The fourth-order valence-corrected chi connectivity index (χ4v) is 2.56. The molecule has 8 nitrogen and oxygen atoms in total. The zero-order valence-corrected chi connectivity index (χ0v) is 14.1. The number of para-hydroxylation sites is 1. The SMILES string of the molecule is COc1ccccc1-c1n[nH]c(=S)n1NCc1ccc([N+](=O)[O-])cc1. The lowest BCUT2D eigenvalue weighted by Crippen LogP contribution is -2.16. The van der Waals surface area contributed by atoms with E-state index in [4.69, 9.17) is 17.0 Å². The quantitative estimate of drug-likeness (QED) is 0.399. The molecule has 0 amide bonds. The van der Waals surface area contributed by atoms with Gasteiger partial charge >= 0.3 is 0 Å². The van der Waals surface area contributed by atoms with Crippen molar-refractivity contribution < 1.29 is 9.66 Å². The van der Waals surface area contributed by atoms with Gasteiger partial charge in [0, 0.05) is 12.1 Å². The first kappa shape index (κ1) is 16.7. The number of hydrogen-bond donors (Lipinski definition) is 2. The molecule has 0 atom stereocenters. The standard InChI is InChI=1S/C16H15N5O3S/c1-24-14-5-3-2-4-13(14)15-18-19-16(25)20(15)17-10-11-6-8-12(9-7-11)21(22)23/h2-9,17H,10H2,1H3,(H,19,25). The van der Waals surface area contributed by atoms with Crippen molar-refractivity contribution in [2.24, 2.45) is 0 Å². The Labute approximate surface area is 148 Å². The number of benzene rings is 2. The summed E-state index contributed by atoms with van der Waals surface area (Å²) in [6.07, 6.45) is 0. The van der Waals surface area contributed by atoms with E-state index in [2.05, 4.69) is 15.6 Å². The van der Waals surface area contributed by atoms with Crippen molar-refractivity contribution in [2.45, 2.75) is 6.54 Å². The fourth-order valence-electron chi connectivity index (χ4n) is 2.36. The second kappa shape index (κ2) is 7.14. The van der Waals surface area contributed by atoms with E-state index in [0.717, 1.165) is 11.1 Å². The van der Waals surface area contributed by atoms with Gasteiger partial charge in [0.15, 0.2) is 5.82 Å². The molecule has 0 spiro atoms. The lowest BCUT2D eigenvalue weighted by Gasteiger charge is -2.12. The predicted octanol–water partition coefficient (Wildman–Crippen LogP) is 3.27. The zero-order valence-electron chi connectivity index (χ0n) is 13.3. The molecule has 9 heteroatoms. The number of aromatic amines is 1. The minimum atomic E-state index is -0.427. The van der Waals surface area contributed by atoms with Crippen LogP contribution in [0.1, 0.15) is 5.56 Å². The summed E-state index contributed by atoms with van der Waals surface area (Å²) in [5.74, 6) is 1.26. The number of rotatable bonds is 6. The monoisotopic (exact) mass is 357 g/mol. The molecule has 0 unspecified atom stereocenters. The van der Waals surface area contributed by atoms with E-state index in [1.54, 1.807) is 23.9 Å². The van der Waals surface area contributed by atoms with Crippen LogP contribution in [0.4, 0.5) is 5.69 Å². The second-order valence-electron chi connectivity index (χ2n) is 5.15. The molecule has 3 rings (SSSR count). The molecule has 2 aromatic carbocycles. The van der Waals surface area contributed by atoms with Gasteiger partial charge in [-0.05, 0) is 29.9 Å². The van der Waals surface area contributed by atoms with Crippen molar-refractivity contribution in [3.63, 3.8) is 0 Å². The summed E-state index contributed by atoms with van der Waals surface area (Å²) in [5.41, 5.74) is 4.88. The number of nitro benzene ring substituents is 1. The van der Waals surface area contributed by atoms with Crippen LogP contribution in [0.2, 0.25) is 0 Å². The van der Waals surface area contributed by atoms with E-state index in [1.807, 2.05) is 24.3 Å². The number of nitrogens with one attached hydrogen (secondary N) is 2. The molecule has 3 aromatic rings. The minimum absolute atomic E-state index is 0.0541. The number of aromatic nitrogens is 3. The van der Waals surface area contributed by atoms with E-state index >= 15 is 0 Å². The van der Waals surface area contributed by atoms with Gasteiger partial charge in [-0.2, -0.15) is 5.10 Å². The van der Waals surface area contributed by atoms with Gasteiger partial charge in [-0.1, -0.05) is 24.3 Å². The molecule has 128 valence electrons. The van der Waals surface area contributed by atoms with E-state index in [0.29, 0.717) is 22.9 Å². The van der Waals surface area contributed by atoms with Crippen LogP contribution in [0.3, 0.4) is 0 Å². The Morgan fingerprint density at radius 3 is 2.68 bits per heavy atom. The van der Waals surface area contributed by atoms with Crippen molar-refractivity contribution >= 4 is 17.9 Å². The third-order valence-corrected chi connectivity index (χ3v) is 3.88. The molecule has 2 N–H and O–H groups in total. The van der Waals surface area contributed by atoms with Crippen molar-refractivity contribution in [2.75, 3.05) is 12.5 Å². The molecule has 0 aliphatic carbocycles. The van der Waals surface area contributed by atoms with Crippen LogP contribution in [0, 0.1) is 14.9 Å². The normalized spacial score (nSPS) is 10.4. The van der Waals surface area contributed by atoms with E-state index in [9.17, 15) is 10.1 Å². The van der Waals surface area contributed by atoms with Crippen molar-refractivity contribution in [3.05, 3.63) is 69.0 Å². The number of nitrogens with zero attached hydrogens (tertiary/aromatic N) is 3. The largest absolute Gasteiger partial charge is 0.496 e. The Kier molecular flexibility index (Phi) is 4.75. The highest BCUT2D eigenvalue weighted by atomic mass is 32.1. The molecular weight excluding hydrogens is 342 g/mol. The lowest BCUT2D eigenvalue weighted by atomic mass is 10.2. The topological polar surface area (TPSA) is 98.0 Å². The Morgan fingerprint density at radius 1 is 1.28 bits per heavy atom. The summed E-state index contributed by atoms with van der Waals surface area (Å²) >= 11 is 5.28. The smallest absolute Gasteiger partial charge is 0.269 e. The first-order chi connectivity index (χ1) is 12.1. The molecule has 1 heterocycles. The number of hydrogen-bond acceptors (Lipinski definition) is 6. The summed E-state index contributed by atoms with van der Waals surface area (Å²) in [5, 5.41) is 17.7. The summed E-state index contributed by atoms with van der Waals surface area (Å²) in [6, 6.07) is 13.8. The Morgan fingerprint density at radius 2 is 2.00 bits per heavy atom. The van der Waals surface area contributed by atoms with Gasteiger partial charge in [0.1, 0.15) is 5.75 Å². The van der Waals surface area contributed by atoms with Gasteiger partial charge in [0.2, 0.25) is 4.77 Å². The molecule has 0 saturated heterocycles. The van der Waals surface area contributed by atoms with E-state index in [1.165, 1.54) is 12.1 Å². The molecule has 0 saturated carbocycles. The molecule has 25 heavy (non-hydrogen) atoms. The Hall–Kier alpha value is -3.20. The highest BCUT2D eigenvalue weighted by Gasteiger charge is 2.13. The predicted molar refractivity (Wildman–Crippen MR) is 95.6 cm³/mol. The second-order valence-corrected chi connectivity index (χ2v) is 5.53. The Balaban J connectivity index is 1.85. The van der Waals surface area contributed by atoms with Crippen LogP contribution in [0.25, 0.3) is 11.4 Å². The van der Waals surface area contributed by atoms with Gasteiger partial charge in [0.25, 0.3) is 5.69 Å². The van der Waals surface area contributed by atoms with E-state index in [-0.39, 0.29) is 5.69 Å². The number of nitro groups is 1. The molecule has 1 aromatic heterocycles. The van der Waals surface area contributed by atoms with Crippen LogP contribution in [0.5, 0.6) is 5.75 Å². The molecule has 0 radical (unpaired) electrons. The minimum Gasteiger partial charge on any atom is -0.496 e. The van der Waals surface area contributed by atoms with Crippen LogP contribution in [-0.4, -0.2) is 26.9 Å². The maximum atomic E-state index is 10.7. The van der Waals surface area contributed by atoms with Crippen LogP contribution >= 0.6 is 12.2 Å². The first-order valence-corrected chi connectivity index (χ1v) is 7.79. The molecule has 0 aliphatic heterocycles. The third kappa shape index (κ3) is 3.50. The Bertz CT molecular complexity index is 949. The highest BCUT2D eigenvalue weighted by molar-refractivity contribution is 7.71. The summed E-state index contributed by atoms with van der Waals surface area (Å²) in [4.78, 5) is 10.3. The summed E-state index contributed by atoms with van der Waals surface area (Å²) in [6.45, 7) is 0.425. The lowest BCUT2D eigenvalue weighted by molar-refractivity contribution is -0.384. The average molecular weight is 357 g/mol. The van der Waals surface area contributed by atoms with Crippen molar-refractivity contribution in [3.8, 4) is 17.1 Å². The van der Waals surface area contributed by atoms with Gasteiger partial charge in [-0.25, -0.2) is 9.77 Å². The fraction of sp³-hybridized carbons (Fsp3) is 0.125. The number of methoxy groups -OCH3 is 1. The number of H-pyrrole nitrogens is 1. The van der Waals surface area contributed by atoms with Gasteiger partial charge in [0.05, 0.1) is 24.1 Å². The van der Waals surface area contributed by atoms with Gasteiger partial charge < -0.3 is 10.2 Å². The number of ether oxygens (including phenoxy) is 1. The maximum Gasteiger partial charge on any atom is 0.269 e. The molecular formula is C16H15N5O3S.